The molecule has 0 aromatic heterocycles. The molecule has 4 aliphatic rings. The van der Waals surface area contributed by atoms with Crippen molar-refractivity contribution < 1.29 is 28.4 Å². The molecule has 0 radical (unpaired) electrons. The first-order chi connectivity index (χ1) is 21.9. The fraction of sp³-hybridized carbons (Fsp3) is 0.528. The molecule has 248 valence electrons. The van der Waals surface area contributed by atoms with Gasteiger partial charge in [0.1, 0.15) is 12.4 Å². The maximum Gasteiger partial charge on any atom is 0.329 e. The standard InChI is InChI=1S/C36H45ClN2O6S/c1-22-7-13-32(44-19-34(40)41)29-11-8-27(29)18-39-20-36(15-5-6-25-16-28(37)10-12-30(25)36)21-45-33-14-9-26(17-31(33)39)35(42)38-46(4,43)24(3)23(22)2/h7,9-10,12-14,16-17,22-24,27,29,32H,4-6,8,11,15,18-21H2,1-3H3,(H,40,41)(H,38,42,43)/b13-7+/t22-,23-,24+,27-,29+,32-,36-,46?/m0/s1. The highest BCUT2D eigenvalue weighted by molar-refractivity contribution is 7.99. The molecule has 8 atom stereocenters. The number of carbonyl (C=O) groups is 2. The lowest BCUT2D eigenvalue weighted by Gasteiger charge is -2.46. The molecule has 1 unspecified atom stereocenters. The van der Waals surface area contributed by atoms with Crippen molar-refractivity contribution in [2.75, 3.05) is 31.2 Å². The number of carboxylic acids is 1. The van der Waals surface area contributed by atoms with E-state index in [1.807, 2.05) is 51.1 Å². The van der Waals surface area contributed by atoms with Crippen LogP contribution in [0.5, 0.6) is 5.75 Å². The van der Waals surface area contributed by atoms with Crippen LogP contribution in [0.1, 0.15) is 67.9 Å². The van der Waals surface area contributed by atoms with Crippen LogP contribution in [-0.2, 0) is 31.1 Å². The van der Waals surface area contributed by atoms with Crippen LogP contribution in [0.4, 0.5) is 5.69 Å². The second-order valence-corrected chi connectivity index (χ2v) is 16.8. The average molecular weight is 669 g/mol. The molecule has 1 spiro atoms. The Kier molecular flexibility index (Phi) is 9.22. The Hall–Kier alpha value is -3.01. The van der Waals surface area contributed by atoms with Crippen molar-refractivity contribution >= 4 is 44.7 Å². The van der Waals surface area contributed by atoms with Crippen molar-refractivity contribution in [3.8, 4) is 5.75 Å². The molecule has 2 bridgehead atoms. The Morgan fingerprint density at radius 1 is 1.20 bits per heavy atom. The Bertz CT molecular complexity index is 1640. The van der Waals surface area contributed by atoms with Crippen molar-refractivity contribution in [2.45, 2.75) is 69.6 Å². The van der Waals surface area contributed by atoms with E-state index in [1.165, 1.54) is 11.1 Å². The van der Waals surface area contributed by atoms with Gasteiger partial charge in [-0.3, -0.25) is 9.52 Å². The van der Waals surface area contributed by atoms with Gasteiger partial charge in [-0.05, 0) is 110 Å². The van der Waals surface area contributed by atoms with Crippen LogP contribution >= 0.6 is 11.6 Å². The maximum absolute atomic E-state index is 13.9. The van der Waals surface area contributed by atoms with Gasteiger partial charge in [-0.15, -0.1) is 0 Å². The molecule has 1 amide bonds. The topological polar surface area (TPSA) is 105 Å². The van der Waals surface area contributed by atoms with Gasteiger partial charge in [0.15, 0.2) is 0 Å². The summed E-state index contributed by atoms with van der Waals surface area (Å²) in [6.07, 6.45) is 8.55. The van der Waals surface area contributed by atoms with Gasteiger partial charge >= 0.3 is 5.97 Å². The van der Waals surface area contributed by atoms with Crippen LogP contribution in [0.2, 0.25) is 5.02 Å². The van der Waals surface area contributed by atoms with Gasteiger partial charge in [0.05, 0.1) is 28.1 Å². The van der Waals surface area contributed by atoms with E-state index in [0.29, 0.717) is 31.0 Å². The number of aryl methyl sites for hydroxylation is 1. The van der Waals surface area contributed by atoms with Gasteiger partial charge in [0.25, 0.3) is 5.91 Å². The highest BCUT2D eigenvalue weighted by Gasteiger charge is 2.44. The molecule has 1 saturated carbocycles. The van der Waals surface area contributed by atoms with E-state index in [1.54, 1.807) is 6.07 Å². The molecule has 2 aromatic rings. The zero-order valence-electron chi connectivity index (χ0n) is 26.9. The third-order valence-electron chi connectivity index (χ3n) is 11.1. The van der Waals surface area contributed by atoms with Gasteiger partial charge in [-0.1, -0.05) is 43.7 Å². The molecule has 2 aliphatic carbocycles. The normalized spacial score (nSPS) is 35.0. The minimum Gasteiger partial charge on any atom is -0.490 e. The number of carbonyl (C=O) groups excluding carboxylic acids is 1. The third kappa shape index (κ3) is 6.43. The number of allylic oxidation sites excluding steroid dienone is 1. The molecular weight excluding hydrogens is 624 g/mol. The predicted molar refractivity (Wildman–Crippen MR) is 183 cm³/mol. The fourth-order valence-electron chi connectivity index (χ4n) is 7.82. The Morgan fingerprint density at radius 2 is 2.00 bits per heavy atom. The molecule has 6 rings (SSSR count). The van der Waals surface area contributed by atoms with Crippen molar-refractivity contribution in [3.63, 3.8) is 0 Å². The van der Waals surface area contributed by atoms with E-state index >= 15 is 0 Å². The number of fused-ring (bicyclic) bond motifs is 4. The zero-order valence-corrected chi connectivity index (χ0v) is 28.4. The lowest BCUT2D eigenvalue weighted by atomic mass is 9.68. The molecule has 2 N–H and O–H groups in total. The lowest BCUT2D eigenvalue weighted by molar-refractivity contribution is -0.145. The molecule has 10 heteroatoms. The maximum atomic E-state index is 13.9. The summed E-state index contributed by atoms with van der Waals surface area (Å²) < 4.78 is 29.2. The van der Waals surface area contributed by atoms with Crippen LogP contribution in [-0.4, -0.2) is 64.7 Å². The summed E-state index contributed by atoms with van der Waals surface area (Å²) in [5.74, 6) is 3.56. The quantitative estimate of drug-likeness (QED) is 0.310. The number of benzene rings is 2. The van der Waals surface area contributed by atoms with Gasteiger partial charge < -0.3 is 19.5 Å². The van der Waals surface area contributed by atoms with Crippen molar-refractivity contribution in [1.29, 1.82) is 0 Å². The van der Waals surface area contributed by atoms with Crippen molar-refractivity contribution in [1.82, 2.24) is 4.72 Å². The summed E-state index contributed by atoms with van der Waals surface area (Å²) in [7, 11) is -3.01. The molecule has 8 nitrogen and oxygen atoms in total. The molecular formula is C36H45ClN2O6S. The smallest absolute Gasteiger partial charge is 0.329 e. The summed E-state index contributed by atoms with van der Waals surface area (Å²) in [5.41, 5.74) is 3.46. The van der Waals surface area contributed by atoms with E-state index in [-0.39, 0.29) is 41.8 Å². The Labute approximate surface area is 277 Å². The van der Waals surface area contributed by atoms with Gasteiger partial charge in [0, 0.05) is 34.3 Å². The highest BCUT2D eigenvalue weighted by atomic mass is 35.5. The van der Waals surface area contributed by atoms with Gasteiger partial charge in [-0.25, -0.2) is 9.00 Å². The SMILES string of the molecule is C=S1(=O)NC(=O)c2ccc3c(c2)N(C[C@@H]2CC[C@H]2[C@@H](OCC(=O)O)/C=C/[C@H](C)[C@H](C)[C@H]1C)C[C@@]1(CCCc2cc(Cl)ccc21)CO3. The molecule has 2 heterocycles. The monoisotopic (exact) mass is 668 g/mol. The number of nitrogens with zero attached hydrogens (tertiary/aromatic N) is 1. The molecule has 0 saturated heterocycles. The molecule has 1 fully saturated rings. The summed E-state index contributed by atoms with van der Waals surface area (Å²) in [6.45, 7) is 7.42. The predicted octanol–water partition coefficient (Wildman–Crippen LogP) is 5.90. The number of ether oxygens (including phenoxy) is 2. The fourth-order valence-corrected chi connectivity index (χ4v) is 9.58. The zero-order chi connectivity index (χ0) is 32.8. The molecule has 2 aromatic carbocycles. The van der Waals surface area contributed by atoms with Crippen LogP contribution in [0.25, 0.3) is 0 Å². The lowest BCUT2D eigenvalue weighted by Crippen LogP contribution is -2.50. The first-order valence-electron chi connectivity index (χ1n) is 16.4. The van der Waals surface area contributed by atoms with Crippen molar-refractivity contribution in [3.05, 3.63) is 70.3 Å². The third-order valence-corrected chi connectivity index (χ3v) is 13.5. The van der Waals surface area contributed by atoms with Gasteiger partial charge in [0.2, 0.25) is 0 Å². The van der Waals surface area contributed by atoms with E-state index in [0.717, 1.165) is 42.8 Å². The van der Waals surface area contributed by atoms with Crippen LogP contribution < -0.4 is 14.4 Å². The second-order valence-electron chi connectivity index (χ2n) is 13.9. The number of anilines is 1. The minimum atomic E-state index is -3.01. The Morgan fingerprint density at radius 3 is 2.74 bits per heavy atom. The van der Waals surface area contributed by atoms with Crippen LogP contribution in [0.3, 0.4) is 0 Å². The summed E-state index contributed by atoms with van der Waals surface area (Å²) >= 11 is 6.42. The van der Waals surface area contributed by atoms with E-state index in [2.05, 4.69) is 27.6 Å². The minimum absolute atomic E-state index is 0.00906. The number of hydrogen-bond donors (Lipinski definition) is 2. The number of nitrogens with one attached hydrogen (secondary N) is 1. The van der Waals surface area contributed by atoms with Crippen molar-refractivity contribution in [2.24, 2.45) is 23.7 Å². The van der Waals surface area contributed by atoms with Crippen LogP contribution in [0, 0.1) is 23.7 Å². The van der Waals surface area contributed by atoms with E-state index in [9.17, 15) is 18.9 Å². The summed E-state index contributed by atoms with van der Waals surface area (Å²) in [6, 6.07) is 11.6. The molecule has 46 heavy (non-hydrogen) atoms. The highest BCUT2D eigenvalue weighted by Crippen LogP contribution is 2.47. The molecule has 2 aliphatic heterocycles. The summed E-state index contributed by atoms with van der Waals surface area (Å²) in [5, 5.41) is 9.78. The summed E-state index contributed by atoms with van der Waals surface area (Å²) in [4.78, 5) is 27.6. The van der Waals surface area contributed by atoms with Crippen LogP contribution in [0.15, 0.2) is 48.6 Å². The first-order valence-corrected chi connectivity index (χ1v) is 18.5. The number of halogens is 1. The number of carboxylic acid groups (broad SMARTS) is 1. The van der Waals surface area contributed by atoms with E-state index < -0.39 is 26.8 Å². The largest absolute Gasteiger partial charge is 0.490 e. The second kappa shape index (κ2) is 12.9. The Balaban J connectivity index is 1.43. The van der Waals surface area contributed by atoms with E-state index in [4.69, 9.17) is 21.1 Å². The number of aliphatic carboxylic acids is 1. The number of rotatable bonds is 3. The van der Waals surface area contributed by atoms with Gasteiger partial charge in [-0.2, -0.15) is 0 Å². The number of hydrogen-bond acceptors (Lipinski definition) is 6. The first kappa shape index (κ1) is 32.9. The number of amides is 1. The average Bonchev–Trinajstić information content (AvgIpc) is 3.15.